The number of hydrogen-bond donors (Lipinski definition) is 2. The molecule has 0 aliphatic heterocycles. The van der Waals surface area contributed by atoms with Gasteiger partial charge in [0, 0.05) is 23.8 Å². The minimum Gasteiger partial charge on any atom is -0.399 e. The van der Waals surface area contributed by atoms with E-state index in [1.54, 1.807) is 11.3 Å². The Morgan fingerprint density at radius 1 is 1.29 bits per heavy atom. The van der Waals surface area contributed by atoms with Crippen LogP contribution in [0.2, 0.25) is 0 Å². The summed E-state index contributed by atoms with van der Waals surface area (Å²) in [5.41, 5.74) is 8.02. The molecule has 0 bridgehead atoms. The van der Waals surface area contributed by atoms with Crippen LogP contribution in [0.5, 0.6) is 0 Å². The van der Waals surface area contributed by atoms with Gasteiger partial charge in [-0.3, -0.25) is 0 Å². The Morgan fingerprint density at radius 2 is 2.18 bits per heavy atom. The van der Waals surface area contributed by atoms with Crippen molar-refractivity contribution in [2.45, 2.75) is 19.4 Å². The van der Waals surface area contributed by atoms with Crippen molar-refractivity contribution >= 4 is 17.0 Å². The first kappa shape index (κ1) is 12.1. The van der Waals surface area contributed by atoms with Gasteiger partial charge in [0.1, 0.15) is 5.01 Å². The molecule has 0 saturated carbocycles. The van der Waals surface area contributed by atoms with E-state index < -0.39 is 0 Å². The molecular formula is C13H17N3S. The number of nitrogens with zero attached hydrogens (tertiary/aromatic N) is 1. The topological polar surface area (TPSA) is 50.9 Å². The van der Waals surface area contributed by atoms with Crippen LogP contribution >= 0.6 is 11.3 Å². The molecule has 0 aliphatic rings. The maximum atomic E-state index is 5.88. The number of aryl methyl sites for hydroxylation is 1. The number of nitrogens with one attached hydrogen (secondary N) is 1. The van der Waals surface area contributed by atoms with Crippen LogP contribution in [0.1, 0.15) is 17.0 Å². The predicted octanol–water partition coefficient (Wildman–Crippen LogP) is 2.45. The molecule has 17 heavy (non-hydrogen) atoms. The highest BCUT2D eigenvalue weighted by molar-refractivity contribution is 7.09. The number of hydrogen-bond acceptors (Lipinski definition) is 4. The molecule has 3 nitrogen and oxygen atoms in total. The maximum Gasteiger partial charge on any atom is 0.106 e. The Balaban J connectivity index is 1.65. The van der Waals surface area contributed by atoms with Crippen molar-refractivity contribution in [3.8, 4) is 0 Å². The summed E-state index contributed by atoms with van der Waals surface area (Å²) < 4.78 is 0. The summed E-state index contributed by atoms with van der Waals surface area (Å²) in [6.45, 7) is 1.86. The number of para-hydroxylation sites is 1. The van der Waals surface area contributed by atoms with Crippen LogP contribution < -0.4 is 11.1 Å². The lowest BCUT2D eigenvalue weighted by Crippen LogP contribution is -2.15. The Morgan fingerprint density at radius 3 is 2.94 bits per heavy atom. The van der Waals surface area contributed by atoms with E-state index in [0.29, 0.717) is 0 Å². The van der Waals surface area contributed by atoms with E-state index in [0.717, 1.165) is 36.6 Å². The summed E-state index contributed by atoms with van der Waals surface area (Å²) in [4.78, 5) is 4.22. The molecule has 1 aromatic carbocycles. The van der Waals surface area contributed by atoms with E-state index in [1.165, 1.54) is 5.56 Å². The zero-order valence-corrected chi connectivity index (χ0v) is 10.5. The predicted molar refractivity (Wildman–Crippen MR) is 73.0 cm³/mol. The van der Waals surface area contributed by atoms with Gasteiger partial charge in [-0.15, -0.1) is 11.3 Å². The molecule has 90 valence electrons. The molecule has 1 aromatic heterocycles. The summed E-state index contributed by atoms with van der Waals surface area (Å²) in [5.74, 6) is 0. The molecule has 3 N–H and O–H groups in total. The van der Waals surface area contributed by atoms with Crippen LogP contribution in [0.25, 0.3) is 0 Å². The lowest BCUT2D eigenvalue weighted by molar-refractivity contribution is 0.648. The van der Waals surface area contributed by atoms with Gasteiger partial charge in [-0.25, -0.2) is 4.98 Å². The molecule has 0 saturated heterocycles. The number of nitrogens with two attached hydrogens (primary N) is 1. The highest BCUT2D eigenvalue weighted by Gasteiger charge is 1.98. The average Bonchev–Trinajstić information content (AvgIpc) is 2.84. The lowest BCUT2D eigenvalue weighted by atomic mass is 10.1. The van der Waals surface area contributed by atoms with Crippen LogP contribution in [0.3, 0.4) is 0 Å². The minimum absolute atomic E-state index is 0.863. The van der Waals surface area contributed by atoms with Crippen LogP contribution in [0.15, 0.2) is 35.8 Å². The van der Waals surface area contributed by atoms with E-state index in [2.05, 4.69) is 16.4 Å². The Kier molecular flexibility index (Phi) is 4.53. The third-order valence-electron chi connectivity index (χ3n) is 2.61. The zero-order chi connectivity index (χ0) is 11.9. The van der Waals surface area contributed by atoms with Gasteiger partial charge in [-0.2, -0.15) is 0 Å². The summed E-state index contributed by atoms with van der Waals surface area (Å²) in [6, 6.07) is 8.06. The fourth-order valence-corrected chi connectivity index (χ4v) is 2.29. The van der Waals surface area contributed by atoms with Gasteiger partial charge in [-0.05, 0) is 31.0 Å². The van der Waals surface area contributed by atoms with Crippen LogP contribution in [0, 0.1) is 0 Å². The quantitative estimate of drug-likeness (QED) is 0.609. The molecule has 0 atom stereocenters. The average molecular weight is 247 g/mol. The highest BCUT2D eigenvalue weighted by atomic mass is 32.1. The van der Waals surface area contributed by atoms with Crippen molar-refractivity contribution in [2.75, 3.05) is 12.3 Å². The smallest absolute Gasteiger partial charge is 0.106 e. The zero-order valence-electron chi connectivity index (χ0n) is 9.73. The van der Waals surface area contributed by atoms with Gasteiger partial charge in [0.05, 0.1) is 0 Å². The van der Waals surface area contributed by atoms with Gasteiger partial charge in [0.15, 0.2) is 0 Å². The Hall–Kier alpha value is -1.39. The fourth-order valence-electron chi connectivity index (χ4n) is 1.70. The number of thiazole rings is 1. The molecule has 0 radical (unpaired) electrons. The molecule has 2 rings (SSSR count). The van der Waals surface area contributed by atoms with E-state index in [-0.39, 0.29) is 0 Å². The van der Waals surface area contributed by atoms with E-state index >= 15 is 0 Å². The first-order valence-corrected chi connectivity index (χ1v) is 6.66. The highest BCUT2D eigenvalue weighted by Crippen LogP contribution is 2.12. The molecule has 0 fully saturated rings. The van der Waals surface area contributed by atoms with Gasteiger partial charge >= 0.3 is 0 Å². The number of nitrogen functional groups attached to an aromatic ring is 1. The van der Waals surface area contributed by atoms with Crippen molar-refractivity contribution in [2.24, 2.45) is 0 Å². The molecule has 2 aromatic rings. The first-order chi connectivity index (χ1) is 8.36. The van der Waals surface area contributed by atoms with Crippen molar-refractivity contribution in [3.63, 3.8) is 0 Å². The molecule has 0 spiro atoms. The first-order valence-electron chi connectivity index (χ1n) is 5.79. The monoisotopic (exact) mass is 247 g/mol. The van der Waals surface area contributed by atoms with Gasteiger partial charge in [-0.1, -0.05) is 18.2 Å². The summed E-state index contributed by atoms with van der Waals surface area (Å²) in [5, 5.41) is 6.53. The van der Waals surface area contributed by atoms with E-state index in [4.69, 9.17) is 5.73 Å². The Labute approximate surface area is 106 Å². The minimum atomic E-state index is 0.863. The lowest BCUT2D eigenvalue weighted by Gasteiger charge is -2.05. The maximum absolute atomic E-state index is 5.88. The van der Waals surface area contributed by atoms with Gasteiger partial charge in [0.25, 0.3) is 0 Å². The molecule has 0 aliphatic carbocycles. The Bertz CT molecular complexity index is 440. The molecular weight excluding hydrogens is 230 g/mol. The van der Waals surface area contributed by atoms with Crippen LogP contribution in [-0.2, 0) is 13.0 Å². The SMILES string of the molecule is Nc1ccccc1CCCNCc1nccs1. The second kappa shape index (κ2) is 6.37. The number of rotatable bonds is 6. The molecule has 4 heteroatoms. The van der Waals surface area contributed by atoms with E-state index in [9.17, 15) is 0 Å². The molecule has 0 amide bonds. The third kappa shape index (κ3) is 3.84. The van der Waals surface area contributed by atoms with Crippen molar-refractivity contribution in [1.29, 1.82) is 0 Å². The normalized spacial score (nSPS) is 10.6. The number of benzene rings is 1. The second-order valence-corrected chi connectivity index (χ2v) is 4.88. The van der Waals surface area contributed by atoms with Gasteiger partial charge in [0.2, 0.25) is 0 Å². The van der Waals surface area contributed by atoms with Crippen molar-refractivity contribution < 1.29 is 0 Å². The van der Waals surface area contributed by atoms with Crippen molar-refractivity contribution in [1.82, 2.24) is 10.3 Å². The van der Waals surface area contributed by atoms with Crippen LogP contribution in [0.4, 0.5) is 5.69 Å². The fraction of sp³-hybridized carbons (Fsp3) is 0.308. The second-order valence-electron chi connectivity index (χ2n) is 3.90. The third-order valence-corrected chi connectivity index (χ3v) is 3.39. The number of anilines is 1. The van der Waals surface area contributed by atoms with Crippen LogP contribution in [-0.4, -0.2) is 11.5 Å². The van der Waals surface area contributed by atoms with E-state index in [1.807, 2.05) is 29.8 Å². The summed E-state index contributed by atoms with van der Waals surface area (Å²) in [7, 11) is 0. The summed E-state index contributed by atoms with van der Waals surface area (Å²) >= 11 is 1.69. The molecule has 1 heterocycles. The summed E-state index contributed by atoms with van der Waals surface area (Å²) in [6.07, 6.45) is 3.96. The van der Waals surface area contributed by atoms with Crippen molar-refractivity contribution in [3.05, 3.63) is 46.4 Å². The number of aromatic nitrogens is 1. The molecule has 0 unspecified atom stereocenters. The largest absolute Gasteiger partial charge is 0.399 e. The standard InChI is InChI=1S/C13H17N3S/c14-12-6-2-1-4-11(12)5-3-7-15-10-13-16-8-9-17-13/h1-2,4,6,8-9,15H,3,5,7,10,14H2. The van der Waals surface area contributed by atoms with Gasteiger partial charge < -0.3 is 11.1 Å².